The van der Waals surface area contributed by atoms with E-state index in [-0.39, 0.29) is 11.8 Å². The van der Waals surface area contributed by atoms with Crippen molar-refractivity contribution in [3.05, 3.63) is 70.0 Å². The third kappa shape index (κ3) is 4.15. The zero-order chi connectivity index (χ0) is 18.8. The number of rotatable bonds is 5. The summed E-state index contributed by atoms with van der Waals surface area (Å²) >= 11 is 11.8. The molecule has 7 heteroatoms. The number of hydrogen-bond donors (Lipinski definition) is 0. The molecule has 0 bridgehead atoms. The number of likely N-dealkylation sites (tertiary alicyclic amines) is 1. The van der Waals surface area contributed by atoms with Crippen molar-refractivity contribution < 1.29 is 9.32 Å². The Morgan fingerprint density at radius 1 is 1.04 bits per heavy atom. The summed E-state index contributed by atoms with van der Waals surface area (Å²) in [5.74, 6) is 1.05. The van der Waals surface area contributed by atoms with Crippen LogP contribution in [0.25, 0.3) is 11.4 Å². The highest BCUT2D eigenvalue weighted by atomic mass is 35.5. The van der Waals surface area contributed by atoms with Gasteiger partial charge in [0.05, 0.1) is 5.92 Å². The molecule has 1 amide bonds. The maximum absolute atomic E-state index is 12.3. The van der Waals surface area contributed by atoms with Crippen LogP contribution in [0.2, 0.25) is 10.0 Å². The van der Waals surface area contributed by atoms with E-state index in [1.54, 1.807) is 12.1 Å². The molecule has 1 saturated heterocycles. The number of aromatic nitrogens is 2. The molecule has 0 saturated carbocycles. The number of amides is 1. The van der Waals surface area contributed by atoms with Crippen LogP contribution in [0.15, 0.2) is 53.1 Å². The lowest BCUT2D eigenvalue weighted by Crippen LogP contribution is -2.27. The van der Waals surface area contributed by atoms with E-state index in [0.717, 1.165) is 17.5 Å². The zero-order valence-corrected chi connectivity index (χ0v) is 16.0. The lowest BCUT2D eigenvalue weighted by Gasteiger charge is -2.15. The number of halogens is 2. The van der Waals surface area contributed by atoms with E-state index in [0.29, 0.717) is 41.3 Å². The van der Waals surface area contributed by atoms with Crippen molar-refractivity contribution in [3.63, 3.8) is 0 Å². The highest BCUT2D eigenvalue weighted by molar-refractivity contribution is 6.30. The Morgan fingerprint density at radius 2 is 1.70 bits per heavy atom. The van der Waals surface area contributed by atoms with Crippen LogP contribution in [-0.4, -0.2) is 34.0 Å². The minimum absolute atomic E-state index is 0.0729. The first-order chi connectivity index (χ1) is 13.1. The zero-order valence-electron chi connectivity index (χ0n) is 14.4. The SMILES string of the molecule is O=C1CC(c2nc(-c3ccc(Cl)cc3)no2)CN1CCc1ccc(Cl)cc1. The third-order valence-corrected chi connectivity index (χ3v) is 5.20. The number of carbonyl (C=O) groups excluding carboxylic acids is 1. The Kier molecular flexibility index (Phi) is 5.14. The number of hydrogen-bond acceptors (Lipinski definition) is 4. The molecule has 1 aliphatic rings. The molecule has 1 unspecified atom stereocenters. The van der Waals surface area contributed by atoms with Gasteiger partial charge < -0.3 is 9.42 Å². The summed E-state index contributed by atoms with van der Waals surface area (Å²) in [6, 6.07) is 14.9. The summed E-state index contributed by atoms with van der Waals surface area (Å²) in [5, 5.41) is 5.41. The third-order valence-electron chi connectivity index (χ3n) is 4.69. The molecule has 0 aliphatic carbocycles. The Balaban J connectivity index is 1.40. The van der Waals surface area contributed by atoms with Crippen molar-refractivity contribution in [3.8, 4) is 11.4 Å². The van der Waals surface area contributed by atoms with Gasteiger partial charge in [0.15, 0.2) is 0 Å². The number of carbonyl (C=O) groups is 1. The summed E-state index contributed by atoms with van der Waals surface area (Å²) in [6.07, 6.45) is 1.18. The quantitative estimate of drug-likeness (QED) is 0.626. The van der Waals surface area contributed by atoms with E-state index in [4.69, 9.17) is 27.7 Å². The molecule has 2 aromatic carbocycles. The predicted molar refractivity (Wildman–Crippen MR) is 104 cm³/mol. The summed E-state index contributed by atoms with van der Waals surface area (Å²) < 4.78 is 5.42. The van der Waals surface area contributed by atoms with Crippen molar-refractivity contribution in [1.29, 1.82) is 0 Å². The molecule has 0 radical (unpaired) electrons. The summed E-state index contributed by atoms with van der Waals surface area (Å²) in [4.78, 5) is 18.7. The normalized spacial score (nSPS) is 16.9. The molecule has 1 aliphatic heterocycles. The lowest BCUT2D eigenvalue weighted by atomic mass is 10.1. The maximum atomic E-state index is 12.3. The molecule has 3 aromatic rings. The van der Waals surface area contributed by atoms with Gasteiger partial charge in [0.1, 0.15) is 0 Å². The van der Waals surface area contributed by atoms with Crippen LogP contribution in [-0.2, 0) is 11.2 Å². The largest absolute Gasteiger partial charge is 0.342 e. The van der Waals surface area contributed by atoms with Gasteiger partial charge in [-0.05, 0) is 48.4 Å². The Bertz CT molecular complexity index is 939. The first kappa shape index (κ1) is 18.0. The van der Waals surface area contributed by atoms with Crippen molar-refractivity contribution in [1.82, 2.24) is 15.0 Å². The molecule has 2 heterocycles. The molecule has 5 nitrogen and oxygen atoms in total. The van der Waals surface area contributed by atoms with Gasteiger partial charge in [0.25, 0.3) is 0 Å². The predicted octanol–water partition coefficient (Wildman–Crippen LogP) is 4.60. The van der Waals surface area contributed by atoms with Gasteiger partial charge in [-0.15, -0.1) is 0 Å². The van der Waals surface area contributed by atoms with E-state index < -0.39 is 0 Å². The average molecular weight is 402 g/mol. The standard InChI is InChI=1S/C20H17Cl2N3O2/c21-16-5-1-13(2-6-16)9-10-25-12-15(11-18(25)26)20-23-19(24-27-20)14-3-7-17(22)8-4-14/h1-8,15H,9-12H2. The molecule has 1 atom stereocenters. The highest BCUT2D eigenvalue weighted by Gasteiger charge is 2.34. The number of nitrogens with zero attached hydrogens (tertiary/aromatic N) is 3. The van der Waals surface area contributed by atoms with Crippen LogP contribution in [0.3, 0.4) is 0 Å². The minimum atomic E-state index is -0.0729. The maximum Gasteiger partial charge on any atom is 0.232 e. The van der Waals surface area contributed by atoms with Crippen LogP contribution in [0.4, 0.5) is 0 Å². The van der Waals surface area contributed by atoms with Crippen LogP contribution >= 0.6 is 23.2 Å². The second-order valence-electron chi connectivity index (χ2n) is 6.58. The van der Waals surface area contributed by atoms with Gasteiger partial charge in [-0.25, -0.2) is 0 Å². The van der Waals surface area contributed by atoms with E-state index >= 15 is 0 Å². The van der Waals surface area contributed by atoms with Crippen molar-refractivity contribution in [2.45, 2.75) is 18.8 Å². The Labute approximate surface area is 166 Å². The first-order valence-electron chi connectivity index (χ1n) is 8.70. The fourth-order valence-corrected chi connectivity index (χ4v) is 3.44. The Morgan fingerprint density at radius 3 is 2.41 bits per heavy atom. The summed E-state index contributed by atoms with van der Waals surface area (Å²) in [7, 11) is 0. The fourth-order valence-electron chi connectivity index (χ4n) is 3.19. The molecular formula is C20H17Cl2N3O2. The van der Waals surface area contributed by atoms with Gasteiger partial charge in [-0.1, -0.05) is 40.5 Å². The van der Waals surface area contributed by atoms with Gasteiger partial charge in [0.2, 0.25) is 17.6 Å². The van der Waals surface area contributed by atoms with Gasteiger partial charge in [-0.3, -0.25) is 4.79 Å². The van der Waals surface area contributed by atoms with E-state index in [1.165, 1.54) is 0 Å². The van der Waals surface area contributed by atoms with Crippen LogP contribution in [0.1, 0.15) is 23.8 Å². The summed E-state index contributed by atoms with van der Waals surface area (Å²) in [6.45, 7) is 1.25. The smallest absolute Gasteiger partial charge is 0.232 e. The summed E-state index contributed by atoms with van der Waals surface area (Å²) in [5.41, 5.74) is 1.98. The van der Waals surface area contributed by atoms with Gasteiger partial charge in [0, 0.05) is 35.1 Å². The monoisotopic (exact) mass is 401 g/mol. The molecule has 27 heavy (non-hydrogen) atoms. The average Bonchev–Trinajstić information content (AvgIpc) is 3.29. The van der Waals surface area contributed by atoms with E-state index in [2.05, 4.69) is 10.1 Å². The Hall–Kier alpha value is -2.37. The van der Waals surface area contributed by atoms with Gasteiger partial charge >= 0.3 is 0 Å². The number of benzene rings is 2. The second kappa shape index (κ2) is 7.71. The topological polar surface area (TPSA) is 59.2 Å². The van der Waals surface area contributed by atoms with E-state index in [1.807, 2.05) is 41.3 Å². The van der Waals surface area contributed by atoms with Crippen molar-refractivity contribution >= 4 is 29.1 Å². The molecule has 1 fully saturated rings. The van der Waals surface area contributed by atoms with Crippen LogP contribution in [0, 0.1) is 0 Å². The molecular weight excluding hydrogens is 385 g/mol. The lowest BCUT2D eigenvalue weighted by molar-refractivity contribution is -0.127. The minimum Gasteiger partial charge on any atom is -0.342 e. The van der Waals surface area contributed by atoms with E-state index in [9.17, 15) is 4.79 Å². The molecule has 0 spiro atoms. The van der Waals surface area contributed by atoms with Crippen molar-refractivity contribution in [2.75, 3.05) is 13.1 Å². The van der Waals surface area contributed by atoms with Crippen LogP contribution < -0.4 is 0 Å². The first-order valence-corrected chi connectivity index (χ1v) is 9.46. The highest BCUT2D eigenvalue weighted by Crippen LogP contribution is 2.29. The molecule has 1 aromatic heterocycles. The van der Waals surface area contributed by atoms with Crippen molar-refractivity contribution in [2.24, 2.45) is 0 Å². The molecule has 0 N–H and O–H groups in total. The fraction of sp³-hybridized carbons (Fsp3) is 0.250. The molecule has 138 valence electrons. The molecule has 4 rings (SSSR count). The van der Waals surface area contributed by atoms with Gasteiger partial charge in [-0.2, -0.15) is 4.98 Å². The second-order valence-corrected chi connectivity index (χ2v) is 7.45. The van der Waals surface area contributed by atoms with Crippen LogP contribution in [0.5, 0.6) is 0 Å².